The topological polar surface area (TPSA) is 3.88 Å². The highest BCUT2D eigenvalue weighted by atomic mass is 28.3. The van der Waals surface area contributed by atoms with Crippen LogP contribution in [-0.4, -0.2) is 8.07 Å². The molecule has 4 aromatic rings. The molecule has 0 fully saturated rings. The molecule has 0 N–H and O–H groups in total. The fraction of sp³-hybridized carbons (Fsp3) is 0.222. The van der Waals surface area contributed by atoms with Crippen molar-refractivity contribution in [2.75, 3.05) is 0 Å². The molecule has 0 amide bonds. The average Bonchev–Trinajstić information content (AvgIpc) is 2.72. The first-order valence-electron chi connectivity index (χ1n) is 10.5. The van der Waals surface area contributed by atoms with Crippen molar-refractivity contribution >= 4 is 24.0 Å². The molecule has 0 radical (unpaired) electrons. The number of halogens is 1. The molecular weight excluding hydrogens is 385 g/mol. The molecule has 1 heterocycles. The molecule has 0 spiro atoms. The summed E-state index contributed by atoms with van der Waals surface area (Å²) in [4.78, 5) is 0. The molecule has 3 aromatic carbocycles. The number of aryl methyl sites for hydroxylation is 1. The van der Waals surface area contributed by atoms with Crippen molar-refractivity contribution < 1.29 is 8.96 Å². The number of pyridine rings is 1. The number of hydrogen-bond acceptors (Lipinski definition) is 0. The van der Waals surface area contributed by atoms with E-state index in [9.17, 15) is 0 Å². The number of hydrogen-bond donors (Lipinski definition) is 0. The first-order chi connectivity index (χ1) is 14.2. The molecule has 0 unspecified atom stereocenters. The van der Waals surface area contributed by atoms with Gasteiger partial charge in [0.1, 0.15) is 12.9 Å². The molecule has 0 atom stereocenters. The molecule has 0 aliphatic rings. The van der Waals surface area contributed by atoms with Gasteiger partial charge in [-0.15, -0.1) is 0 Å². The lowest BCUT2D eigenvalue weighted by Crippen LogP contribution is -2.37. The van der Waals surface area contributed by atoms with E-state index < -0.39 is 8.07 Å². The zero-order chi connectivity index (χ0) is 21.6. The Hall–Kier alpha value is -2.78. The summed E-state index contributed by atoms with van der Waals surface area (Å²) in [6.07, 6.45) is 2.12. The van der Waals surface area contributed by atoms with Crippen LogP contribution in [0.5, 0.6) is 0 Å². The zero-order valence-electron chi connectivity index (χ0n) is 18.7. The second-order valence-corrected chi connectivity index (χ2v) is 14.3. The Bertz CT molecular complexity index is 1250. The Morgan fingerprint density at radius 2 is 1.50 bits per heavy atom. The third kappa shape index (κ3) is 3.48. The van der Waals surface area contributed by atoms with Gasteiger partial charge in [-0.1, -0.05) is 67.3 Å². The Morgan fingerprint density at radius 3 is 2.17 bits per heavy atom. The van der Waals surface area contributed by atoms with Crippen LogP contribution in [0.1, 0.15) is 11.1 Å². The largest absolute Gasteiger partial charge is 0.220 e. The summed E-state index contributed by atoms with van der Waals surface area (Å²) in [6.45, 7) is 11.0. The molecule has 0 aliphatic carbocycles. The summed E-state index contributed by atoms with van der Waals surface area (Å²) in [5.74, 6) is -0.133. The molecular formula is C27H29FNSi+. The average molecular weight is 415 g/mol. The van der Waals surface area contributed by atoms with Crippen LogP contribution in [0.2, 0.25) is 19.6 Å². The van der Waals surface area contributed by atoms with Crippen LogP contribution >= 0.6 is 0 Å². The minimum Gasteiger partial charge on any atom is -0.206 e. The smallest absolute Gasteiger partial charge is 0.206 e. The maximum absolute atomic E-state index is 15.2. The lowest BCUT2D eigenvalue weighted by Gasteiger charge is -2.18. The number of benzene rings is 3. The Morgan fingerprint density at radius 1 is 0.800 bits per heavy atom. The van der Waals surface area contributed by atoms with Gasteiger partial charge in [-0.2, -0.15) is 0 Å². The standard InChI is InChI=1S/C27H29FNSi/c1-18-19(2)26(28)25(20-10-8-7-9-11-20)17-24(18)27-23-13-12-22(30(4,5)6)16-21(23)14-15-29(27)3/h7-17H,1-6H3/q+1. The van der Waals surface area contributed by atoms with Crippen LogP contribution in [0.4, 0.5) is 4.39 Å². The van der Waals surface area contributed by atoms with Gasteiger partial charge >= 0.3 is 0 Å². The quantitative estimate of drug-likeness (QED) is 0.274. The van der Waals surface area contributed by atoms with E-state index in [1.165, 1.54) is 16.0 Å². The summed E-state index contributed by atoms with van der Waals surface area (Å²) in [5, 5.41) is 3.90. The second-order valence-electron chi connectivity index (χ2n) is 9.23. The van der Waals surface area contributed by atoms with Gasteiger partial charge < -0.3 is 0 Å². The SMILES string of the molecule is Cc1c(-c2c3ccc([Si](C)(C)C)cc3cc[n+]2C)cc(-c2ccccc2)c(F)c1C. The lowest BCUT2D eigenvalue weighted by molar-refractivity contribution is -0.659. The van der Waals surface area contributed by atoms with Crippen LogP contribution in [0, 0.1) is 19.7 Å². The lowest BCUT2D eigenvalue weighted by atomic mass is 9.91. The van der Waals surface area contributed by atoms with Crippen molar-refractivity contribution in [2.24, 2.45) is 7.05 Å². The first kappa shape index (κ1) is 20.5. The molecule has 0 bridgehead atoms. The van der Waals surface area contributed by atoms with Gasteiger partial charge in [-0.25, -0.2) is 8.96 Å². The maximum Gasteiger partial charge on any atom is 0.220 e. The summed E-state index contributed by atoms with van der Waals surface area (Å²) >= 11 is 0. The van der Waals surface area contributed by atoms with Gasteiger partial charge in [0.2, 0.25) is 5.69 Å². The number of nitrogens with zero attached hydrogens (tertiary/aromatic N) is 1. The predicted molar refractivity (Wildman–Crippen MR) is 128 cm³/mol. The summed E-state index contributed by atoms with van der Waals surface area (Å²) < 4.78 is 17.4. The summed E-state index contributed by atoms with van der Waals surface area (Å²) in [5.41, 5.74) is 5.48. The highest BCUT2D eigenvalue weighted by Gasteiger charge is 2.23. The number of aromatic nitrogens is 1. The highest BCUT2D eigenvalue weighted by Crippen LogP contribution is 2.35. The fourth-order valence-corrected chi connectivity index (χ4v) is 5.30. The van der Waals surface area contributed by atoms with E-state index in [0.29, 0.717) is 11.1 Å². The number of rotatable bonds is 3. The van der Waals surface area contributed by atoms with Crippen molar-refractivity contribution in [3.05, 3.63) is 83.8 Å². The first-order valence-corrected chi connectivity index (χ1v) is 14.0. The fourth-order valence-electron chi connectivity index (χ4n) is 4.13. The Balaban J connectivity index is 2.03. The van der Waals surface area contributed by atoms with Gasteiger partial charge in [0.05, 0.1) is 19.0 Å². The van der Waals surface area contributed by atoms with Crippen molar-refractivity contribution in [3.63, 3.8) is 0 Å². The Labute approximate surface area is 179 Å². The Kier molecular flexibility index (Phi) is 5.11. The van der Waals surface area contributed by atoms with Gasteiger partial charge in [0.25, 0.3) is 0 Å². The van der Waals surface area contributed by atoms with Crippen LogP contribution in [0.3, 0.4) is 0 Å². The third-order valence-electron chi connectivity index (χ3n) is 6.16. The second kappa shape index (κ2) is 7.48. The van der Waals surface area contributed by atoms with E-state index in [-0.39, 0.29) is 5.82 Å². The van der Waals surface area contributed by atoms with Gasteiger partial charge in [0, 0.05) is 11.6 Å². The van der Waals surface area contributed by atoms with E-state index in [1.54, 1.807) is 0 Å². The molecule has 4 rings (SSSR count). The molecule has 1 nitrogen and oxygen atoms in total. The number of fused-ring (bicyclic) bond motifs is 1. The minimum atomic E-state index is -1.40. The van der Waals surface area contributed by atoms with Crippen LogP contribution < -0.4 is 9.75 Å². The van der Waals surface area contributed by atoms with E-state index in [1.807, 2.05) is 50.2 Å². The molecule has 152 valence electrons. The molecule has 0 saturated carbocycles. The van der Waals surface area contributed by atoms with Gasteiger partial charge in [-0.3, -0.25) is 0 Å². The summed E-state index contributed by atoms with van der Waals surface area (Å²) in [7, 11) is 0.673. The van der Waals surface area contributed by atoms with Crippen LogP contribution in [0.15, 0.2) is 66.9 Å². The molecule has 3 heteroatoms. The molecule has 0 saturated heterocycles. The maximum atomic E-state index is 15.2. The highest BCUT2D eigenvalue weighted by molar-refractivity contribution is 6.88. The van der Waals surface area contributed by atoms with Crippen molar-refractivity contribution in [1.82, 2.24) is 0 Å². The molecule has 1 aromatic heterocycles. The third-order valence-corrected chi connectivity index (χ3v) is 8.21. The van der Waals surface area contributed by atoms with Crippen molar-refractivity contribution in [1.29, 1.82) is 0 Å². The van der Waals surface area contributed by atoms with E-state index in [4.69, 9.17) is 0 Å². The minimum absolute atomic E-state index is 0.133. The van der Waals surface area contributed by atoms with E-state index in [2.05, 4.69) is 61.7 Å². The van der Waals surface area contributed by atoms with Gasteiger partial charge in [0.15, 0.2) is 6.20 Å². The molecule has 30 heavy (non-hydrogen) atoms. The van der Waals surface area contributed by atoms with Gasteiger partial charge in [-0.05, 0) is 48.1 Å². The van der Waals surface area contributed by atoms with E-state index in [0.717, 1.165) is 22.4 Å². The monoisotopic (exact) mass is 414 g/mol. The van der Waals surface area contributed by atoms with Crippen LogP contribution in [-0.2, 0) is 7.05 Å². The zero-order valence-corrected chi connectivity index (χ0v) is 19.7. The normalized spacial score (nSPS) is 11.8. The molecule has 0 aliphatic heterocycles. The van der Waals surface area contributed by atoms with E-state index >= 15 is 4.39 Å². The predicted octanol–water partition coefficient (Wildman–Crippen LogP) is 6.30. The van der Waals surface area contributed by atoms with Crippen molar-refractivity contribution in [2.45, 2.75) is 33.5 Å². The summed E-state index contributed by atoms with van der Waals surface area (Å²) in [6, 6.07) is 20.9. The van der Waals surface area contributed by atoms with Crippen LogP contribution in [0.25, 0.3) is 33.2 Å². The van der Waals surface area contributed by atoms with Crippen molar-refractivity contribution in [3.8, 4) is 22.4 Å².